The molecular formula is C36H58O2. The van der Waals surface area contributed by atoms with Gasteiger partial charge >= 0.3 is 0 Å². The van der Waals surface area contributed by atoms with Gasteiger partial charge in [0.05, 0.1) is 12.2 Å². The minimum Gasteiger partial charge on any atom is -0.393 e. The zero-order valence-corrected chi connectivity index (χ0v) is 25.2. The van der Waals surface area contributed by atoms with Gasteiger partial charge in [0.1, 0.15) is 0 Å². The summed E-state index contributed by atoms with van der Waals surface area (Å²) in [5.74, 6) is 4.83. The van der Waals surface area contributed by atoms with Crippen molar-refractivity contribution in [2.24, 2.45) is 51.8 Å². The van der Waals surface area contributed by atoms with E-state index in [1.54, 1.807) is 11.1 Å². The van der Waals surface area contributed by atoms with E-state index in [9.17, 15) is 10.2 Å². The lowest BCUT2D eigenvalue weighted by molar-refractivity contribution is -0.124. The Labute approximate surface area is 234 Å². The van der Waals surface area contributed by atoms with E-state index in [1.165, 1.54) is 70.6 Å². The van der Waals surface area contributed by atoms with Crippen LogP contribution in [0.2, 0.25) is 0 Å². The van der Waals surface area contributed by atoms with E-state index in [0.29, 0.717) is 22.2 Å². The van der Waals surface area contributed by atoms with Crippen LogP contribution in [-0.2, 0) is 0 Å². The molecule has 214 valence electrons. The van der Waals surface area contributed by atoms with Gasteiger partial charge in [0.25, 0.3) is 0 Å². The summed E-state index contributed by atoms with van der Waals surface area (Å²) in [5, 5.41) is 20.9. The Bertz CT molecular complexity index is 934. The molecule has 0 aromatic heterocycles. The summed E-state index contributed by atoms with van der Waals surface area (Å²) in [5.41, 5.74) is 4.82. The second-order valence-electron chi connectivity index (χ2n) is 15.9. The standard InChI is InChI=1S/C36H58O2/c1-5-7-24(9-10-25-8-6-18-34(2)19-15-28(38)23-33(25)34)30-13-14-31-29-12-11-26-22-27(37)16-20-35(26,3)32(29)17-21-36(30,31)4/h7,10,26-33,37-38H,5-6,8-9,11-23H2,1-4H3/b24-7+,25-10+/t26?,27?,28?,29?,30-,31?,32?,33?,34+,35+,36-/m1/s1. The molecule has 0 amide bonds. The van der Waals surface area contributed by atoms with Crippen LogP contribution < -0.4 is 0 Å². The quantitative estimate of drug-likeness (QED) is 0.362. The van der Waals surface area contributed by atoms with Crippen LogP contribution in [-0.4, -0.2) is 22.4 Å². The van der Waals surface area contributed by atoms with Gasteiger partial charge in [-0.3, -0.25) is 0 Å². The fourth-order valence-electron chi connectivity index (χ4n) is 12.1. The lowest BCUT2D eigenvalue weighted by Crippen LogP contribution is -2.54. The Kier molecular flexibility index (Phi) is 7.50. The van der Waals surface area contributed by atoms with Crippen molar-refractivity contribution in [3.63, 3.8) is 0 Å². The minimum atomic E-state index is -0.0886. The largest absolute Gasteiger partial charge is 0.393 e. The fraction of sp³-hybridized carbons (Fsp3) is 0.889. The van der Waals surface area contributed by atoms with E-state index in [-0.39, 0.29) is 12.2 Å². The maximum Gasteiger partial charge on any atom is 0.0546 e. The summed E-state index contributed by atoms with van der Waals surface area (Å²) in [6, 6.07) is 0. The number of rotatable bonds is 4. The maximum atomic E-state index is 10.5. The fourth-order valence-corrected chi connectivity index (χ4v) is 12.1. The Hall–Kier alpha value is -0.600. The molecule has 6 fully saturated rings. The topological polar surface area (TPSA) is 40.5 Å². The van der Waals surface area contributed by atoms with Crippen molar-refractivity contribution in [2.75, 3.05) is 0 Å². The molecule has 0 radical (unpaired) electrons. The first kappa shape index (κ1) is 27.6. The molecule has 0 aliphatic heterocycles. The molecule has 0 saturated heterocycles. The number of hydrogen-bond donors (Lipinski definition) is 2. The molecular weight excluding hydrogens is 464 g/mol. The number of fused-ring (bicyclic) bond motifs is 6. The van der Waals surface area contributed by atoms with Crippen molar-refractivity contribution in [1.82, 2.24) is 0 Å². The molecule has 7 unspecified atom stereocenters. The Balaban J connectivity index is 1.21. The van der Waals surface area contributed by atoms with Gasteiger partial charge in [-0.25, -0.2) is 0 Å². The third-order valence-corrected chi connectivity index (χ3v) is 14.2. The molecule has 38 heavy (non-hydrogen) atoms. The molecule has 0 aromatic rings. The first-order valence-electron chi connectivity index (χ1n) is 16.9. The smallest absolute Gasteiger partial charge is 0.0546 e. The van der Waals surface area contributed by atoms with E-state index >= 15 is 0 Å². The number of hydrogen-bond acceptors (Lipinski definition) is 2. The number of aliphatic hydroxyl groups excluding tert-OH is 2. The van der Waals surface area contributed by atoms with E-state index in [1.807, 2.05) is 0 Å². The van der Waals surface area contributed by atoms with Crippen LogP contribution >= 0.6 is 0 Å². The van der Waals surface area contributed by atoms with E-state index in [4.69, 9.17) is 0 Å². The van der Waals surface area contributed by atoms with Crippen LogP contribution in [0.3, 0.4) is 0 Å². The van der Waals surface area contributed by atoms with Gasteiger partial charge in [0.15, 0.2) is 0 Å². The van der Waals surface area contributed by atoms with Crippen molar-refractivity contribution < 1.29 is 10.2 Å². The van der Waals surface area contributed by atoms with Gasteiger partial charge < -0.3 is 10.2 Å². The van der Waals surface area contributed by atoms with Crippen molar-refractivity contribution in [3.8, 4) is 0 Å². The summed E-state index contributed by atoms with van der Waals surface area (Å²) in [4.78, 5) is 0. The zero-order chi connectivity index (χ0) is 26.7. The molecule has 6 rings (SSSR count). The predicted octanol–water partition coefficient (Wildman–Crippen LogP) is 9.01. The Morgan fingerprint density at radius 3 is 2.37 bits per heavy atom. The monoisotopic (exact) mass is 522 g/mol. The third-order valence-electron chi connectivity index (χ3n) is 14.2. The molecule has 0 spiro atoms. The Morgan fingerprint density at radius 1 is 0.816 bits per heavy atom. The van der Waals surface area contributed by atoms with Crippen LogP contribution in [0.15, 0.2) is 23.3 Å². The van der Waals surface area contributed by atoms with Gasteiger partial charge in [0.2, 0.25) is 0 Å². The summed E-state index contributed by atoms with van der Waals surface area (Å²) < 4.78 is 0. The molecule has 11 atom stereocenters. The summed E-state index contributed by atoms with van der Waals surface area (Å²) in [6.07, 6.45) is 26.5. The highest BCUT2D eigenvalue weighted by atomic mass is 16.3. The number of allylic oxidation sites excluding steroid dienone is 4. The second kappa shape index (κ2) is 10.3. The van der Waals surface area contributed by atoms with Gasteiger partial charge in [-0.05, 0) is 161 Å². The third kappa shape index (κ3) is 4.51. The van der Waals surface area contributed by atoms with Crippen molar-refractivity contribution in [2.45, 2.75) is 149 Å². The van der Waals surface area contributed by atoms with E-state index in [2.05, 4.69) is 39.8 Å². The molecule has 2 nitrogen and oxygen atoms in total. The van der Waals surface area contributed by atoms with Gasteiger partial charge in [-0.15, -0.1) is 0 Å². The molecule has 0 aromatic carbocycles. The van der Waals surface area contributed by atoms with Crippen molar-refractivity contribution >= 4 is 0 Å². The summed E-state index contributed by atoms with van der Waals surface area (Å²) >= 11 is 0. The molecule has 6 aliphatic rings. The second-order valence-corrected chi connectivity index (χ2v) is 15.9. The summed E-state index contributed by atoms with van der Waals surface area (Å²) in [7, 11) is 0. The highest BCUT2D eigenvalue weighted by molar-refractivity contribution is 5.24. The van der Waals surface area contributed by atoms with Crippen LogP contribution in [0.5, 0.6) is 0 Å². The van der Waals surface area contributed by atoms with Gasteiger partial charge in [0, 0.05) is 0 Å². The van der Waals surface area contributed by atoms with Crippen molar-refractivity contribution in [3.05, 3.63) is 23.3 Å². The van der Waals surface area contributed by atoms with Crippen LogP contribution in [0.4, 0.5) is 0 Å². The maximum absolute atomic E-state index is 10.5. The molecule has 2 heteroatoms. The lowest BCUT2D eigenvalue weighted by Gasteiger charge is -2.61. The Morgan fingerprint density at radius 2 is 1.55 bits per heavy atom. The molecule has 0 heterocycles. The number of aliphatic hydroxyl groups is 2. The zero-order valence-electron chi connectivity index (χ0n) is 25.2. The summed E-state index contributed by atoms with van der Waals surface area (Å²) in [6.45, 7) is 10.2. The molecule has 0 bridgehead atoms. The lowest BCUT2D eigenvalue weighted by atomic mass is 9.44. The van der Waals surface area contributed by atoms with Gasteiger partial charge in [-0.2, -0.15) is 0 Å². The van der Waals surface area contributed by atoms with Crippen LogP contribution in [0, 0.1) is 51.8 Å². The molecule has 2 N–H and O–H groups in total. The molecule has 6 saturated carbocycles. The first-order chi connectivity index (χ1) is 18.2. The predicted molar refractivity (Wildman–Crippen MR) is 158 cm³/mol. The average molecular weight is 523 g/mol. The highest BCUT2D eigenvalue weighted by Gasteiger charge is 2.60. The molecule has 6 aliphatic carbocycles. The first-order valence-corrected chi connectivity index (χ1v) is 16.9. The average Bonchev–Trinajstić information content (AvgIpc) is 3.24. The van der Waals surface area contributed by atoms with Crippen molar-refractivity contribution in [1.29, 1.82) is 0 Å². The highest BCUT2D eigenvalue weighted by Crippen LogP contribution is 2.68. The van der Waals surface area contributed by atoms with Gasteiger partial charge in [-0.1, -0.05) is 51.0 Å². The minimum absolute atomic E-state index is 0.0379. The SMILES string of the molecule is CC/C=C(\C/C=C1\CCC[C@@]2(C)CCC(O)CC12)[C@H]1CCC2C3CCC4CC(O)CC[C@]4(C)C3CC[C@@]21C. The van der Waals surface area contributed by atoms with Crippen LogP contribution in [0.1, 0.15) is 137 Å². The van der Waals surface area contributed by atoms with Crippen LogP contribution in [0.25, 0.3) is 0 Å². The van der Waals surface area contributed by atoms with E-state index in [0.717, 1.165) is 68.1 Å². The normalized spacial score (nSPS) is 52.2. The van der Waals surface area contributed by atoms with E-state index < -0.39 is 0 Å².